The Labute approximate surface area is 114 Å². The Morgan fingerprint density at radius 1 is 1.33 bits per heavy atom. The molecule has 0 aliphatic carbocycles. The summed E-state index contributed by atoms with van der Waals surface area (Å²) in [6.45, 7) is 5.35. The van der Waals surface area contributed by atoms with Crippen molar-refractivity contribution >= 4 is 15.9 Å². The molecule has 18 heavy (non-hydrogen) atoms. The molecule has 0 radical (unpaired) electrons. The van der Waals surface area contributed by atoms with Gasteiger partial charge in [0.2, 0.25) is 0 Å². The van der Waals surface area contributed by atoms with E-state index in [1.807, 2.05) is 6.92 Å². The van der Waals surface area contributed by atoms with Crippen LogP contribution in [0.25, 0.3) is 0 Å². The third kappa shape index (κ3) is 2.73. The fraction of sp³-hybridized carbons (Fsp3) is 0.538. The summed E-state index contributed by atoms with van der Waals surface area (Å²) in [6.07, 6.45) is 0.699. The van der Waals surface area contributed by atoms with Crippen molar-refractivity contribution in [3.05, 3.63) is 33.8 Å². The lowest BCUT2D eigenvalue weighted by Gasteiger charge is -2.35. The number of piperazine rings is 1. The highest BCUT2D eigenvalue weighted by Crippen LogP contribution is 2.32. The molecule has 0 aromatic heterocycles. The van der Waals surface area contributed by atoms with E-state index in [9.17, 15) is 8.78 Å². The summed E-state index contributed by atoms with van der Waals surface area (Å²) in [6, 6.07) is 2.55. The Balaban J connectivity index is 2.34. The SMILES string of the molecule is CC[C@H](c1c(F)ccc(Br)c1F)N1CCNCC1. The molecule has 1 N–H and O–H groups in total. The molecule has 1 aromatic rings. The van der Waals surface area contributed by atoms with Gasteiger partial charge in [-0.1, -0.05) is 6.92 Å². The van der Waals surface area contributed by atoms with Gasteiger partial charge in [-0.25, -0.2) is 8.78 Å². The summed E-state index contributed by atoms with van der Waals surface area (Å²) in [4.78, 5) is 2.14. The first kappa shape index (κ1) is 13.9. The Kier molecular flexibility index (Phi) is 4.70. The first-order valence-electron chi connectivity index (χ1n) is 6.23. The molecule has 1 aliphatic rings. The molecule has 1 heterocycles. The molecule has 1 aromatic carbocycles. The molecular weight excluding hydrogens is 302 g/mol. The van der Waals surface area contributed by atoms with Gasteiger partial charge in [0, 0.05) is 37.8 Å². The maximum atomic E-state index is 14.1. The van der Waals surface area contributed by atoms with Crippen molar-refractivity contribution in [3.63, 3.8) is 0 Å². The van der Waals surface area contributed by atoms with Gasteiger partial charge in [-0.2, -0.15) is 0 Å². The Morgan fingerprint density at radius 2 is 2.00 bits per heavy atom. The monoisotopic (exact) mass is 318 g/mol. The van der Waals surface area contributed by atoms with Crippen molar-refractivity contribution in [2.75, 3.05) is 26.2 Å². The van der Waals surface area contributed by atoms with E-state index >= 15 is 0 Å². The Morgan fingerprint density at radius 3 is 2.61 bits per heavy atom. The highest BCUT2D eigenvalue weighted by molar-refractivity contribution is 9.10. The van der Waals surface area contributed by atoms with E-state index in [2.05, 4.69) is 26.1 Å². The summed E-state index contributed by atoms with van der Waals surface area (Å²) < 4.78 is 28.4. The summed E-state index contributed by atoms with van der Waals surface area (Å²) >= 11 is 3.13. The molecule has 5 heteroatoms. The third-order valence-corrected chi connectivity index (χ3v) is 4.00. The second kappa shape index (κ2) is 6.08. The highest BCUT2D eigenvalue weighted by atomic mass is 79.9. The van der Waals surface area contributed by atoms with Crippen LogP contribution in [0.2, 0.25) is 0 Å². The minimum atomic E-state index is -0.472. The second-order valence-corrected chi connectivity index (χ2v) is 5.32. The van der Waals surface area contributed by atoms with Crippen molar-refractivity contribution in [1.29, 1.82) is 0 Å². The largest absolute Gasteiger partial charge is 0.314 e. The van der Waals surface area contributed by atoms with E-state index in [-0.39, 0.29) is 11.6 Å². The van der Waals surface area contributed by atoms with E-state index in [4.69, 9.17) is 0 Å². The first-order chi connectivity index (χ1) is 8.65. The number of rotatable bonds is 3. The standard InChI is InChI=1S/C13H17BrF2N2/c1-2-11(18-7-5-17-6-8-18)12-10(15)4-3-9(14)13(12)16/h3-4,11,17H,2,5-8H2,1H3/t11-/m1/s1. The maximum Gasteiger partial charge on any atom is 0.145 e. The molecule has 2 nitrogen and oxygen atoms in total. The molecular formula is C13H17BrF2N2. The number of nitrogens with one attached hydrogen (secondary N) is 1. The van der Waals surface area contributed by atoms with Gasteiger partial charge in [-0.3, -0.25) is 4.90 Å². The maximum absolute atomic E-state index is 14.1. The highest BCUT2D eigenvalue weighted by Gasteiger charge is 2.26. The number of benzene rings is 1. The number of halogens is 3. The normalized spacial score (nSPS) is 18.9. The lowest BCUT2D eigenvalue weighted by Crippen LogP contribution is -2.45. The van der Waals surface area contributed by atoms with E-state index in [1.165, 1.54) is 12.1 Å². The molecule has 0 unspecified atom stereocenters. The predicted octanol–water partition coefficient (Wildman–Crippen LogP) is 3.08. The molecule has 2 rings (SSSR count). The van der Waals surface area contributed by atoms with Crippen molar-refractivity contribution in [2.45, 2.75) is 19.4 Å². The number of hydrogen-bond acceptors (Lipinski definition) is 2. The zero-order valence-corrected chi connectivity index (χ0v) is 11.9. The van der Waals surface area contributed by atoms with Gasteiger partial charge < -0.3 is 5.32 Å². The van der Waals surface area contributed by atoms with E-state index < -0.39 is 11.6 Å². The van der Waals surface area contributed by atoms with Crippen molar-refractivity contribution in [1.82, 2.24) is 10.2 Å². The molecule has 1 atom stereocenters. The van der Waals surface area contributed by atoms with Gasteiger partial charge in [0.15, 0.2) is 0 Å². The van der Waals surface area contributed by atoms with Crippen LogP contribution in [0.5, 0.6) is 0 Å². The summed E-state index contributed by atoms with van der Waals surface area (Å²) in [5.74, 6) is -0.929. The lowest BCUT2D eigenvalue weighted by molar-refractivity contribution is 0.162. The second-order valence-electron chi connectivity index (χ2n) is 4.47. The number of nitrogens with zero attached hydrogens (tertiary/aromatic N) is 1. The van der Waals surface area contributed by atoms with Crippen LogP contribution in [0.1, 0.15) is 24.9 Å². The van der Waals surface area contributed by atoms with Gasteiger partial charge >= 0.3 is 0 Å². The Bertz CT molecular complexity index is 420. The fourth-order valence-corrected chi connectivity index (χ4v) is 2.83. The quantitative estimate of drug-likeness (QED) is 0.862. The van der Waals surface area contributed by atoms with Gasteiger partial charge in [0.1, 0.15) is 11.6 Å². The van der Waals surface area contributed by atoms with Crippen LogP contribution < -0.4 is 5.32 Å². The van der Waals surface area contributed by atoms with Crippen molar-refractivity contribution in [3.8, 4) is 0 Å². The van der Waals surface area contributed by atoms with Crippen molar-refractivity contribution in [2.24, 2.45) is 0 Å². The molecule has 0 amide bonds. The number of hydrogen-bond donors (Lipinski definition) is 1. The van der Waals surface area contributed by atoms with Crippen LogP contribution in [0.15, 0.2) is 16.6 Å². The average molecular weight is 319 g/mol. The fourth-order valence-electron chi connectivity index (χ4n) is 2.49. The molecule has 1 fully saturated rings. The molecule has 0 spiro atoms. The van der Waals surface area contributed by atoms with Gasteiger partial charge in [-0.15, -0.1) is 0 Å². The smallest absolute Gasteiger partial charge is 0.145 e. The lowest BCUT2D eigenvalue weighted by atomic mass is 10.0. The molecule has 100 valence electrons. The molecule has 0 bridgehead atoms. The molecule has 1 aliphatic heterocycles. The van der Waals surface area contributed by atoms with Gasteiger partial charge in [-0.05, 0) is 34.5 Å². The average Bonchev–Trinajstić information content (AvgIpc) is 2.40. The summed E-state index contributed by atoms with van der Waals surface area (Å²) in [7, 11) is 0. The van der Waals surface area contributed by atoms with E-state index in [1.54, 1.807) is 0 Å². The summed E-state index contributed by atoms with van der Waals surface area (Å²) in [5, 5.41) is 3.25. The van der Waals surface area contributed by atoms with E-state index in [0.717, 1.165) is 26.2 Å². The zero-order valence-electron chi connectivity index (χ0n) is 10.3. The first-order valence-corrected chi connectivity index (χ1v) is 7.02. The topological polar surface area (TPSA) is 15.3 Å². The van der Waals surface area contributed by atoms with Crippen LogP contribution in [0.4, 0.5) is 8.78 Å². The van der Waals surface area contributed by atoms with Crippen LogP contribution >= 0.6 is 15.9 Å². The van der Waals surface area contributed by atoms with Gasteiger partial charge in [0.25, 0.3) is 0 Å². The Hall–Kier alpha value is -0.520. The van der Waals surface area contributed by atoms with Crippen LogP contribution in [0, 0.1) is 11.6 Å². The minimum Gasteiger partial charge on any atom is -0.314 e. The van der Waals surface area contributed by atoms with Crippen molar-refractivity contribution < 1.29 is 8.78 Å². The zero-order chi connectivity index (χ0) is 13.1. The van der Waals surface area contributed by atoms with Crippen LogP contribution in [-0.2, 0) is 0 Å². The molecule has 1 saturated heterocycles. The summed E-state index contributed by atoms with van der Waals surface area (Å²) in [5.41, 5.74) is 0.189. The molecule has 0 saturated carbocycles. The van der Waals surface area contributed by atoms with E-state index in [0.29, 0.717) is 10.9 Å². The van der Waals surface area contributed by atoms with Crippen LogP contribution in [-0.4, -0.2) is 31.1 Å². The van der Waals surface area contributed by atoms with Crippen LogP contribution in [0.3, 0.4) is 0 Å². The predicted molar refractivity (Wildman–Crippen MR) is 71.5 cm³/mol. The minimum absolute atomic E-state index is 0.189. The third-order valence-electron chi connectivity index (χ3n) is 3.39. The van der Waals surface area contributed by atoms with Gasteiger partial charge in [0.05, 0.1) is 4.47 Å².